The molecule has 138 valence electrons. The van der Waals surface area contributed by atoms with Crippen molar-refractivity contribution in [3.05, 3.63) is 75.3 Å². The molecule has 7 heteroatoms. The molecule has 0 radical (unpaired) electrons. The van der Waals surface area contributed by atoms with Crippen molar-refractivity contribution < 1.29 is 9.47 Å². The Hall–Kier alpha value is -2.93. The molecule has 2 aromatic carbocycles. The molecule has 3 rings (SSSR count). The molecule has 0 aliphatic rings. The average molecular weight is 428 g/mol. The van der Waals surface area contributed by atoms with Crippen molar-refractivity contribution in [1.29, 1.82) is 0 Å². The number of hydrogen-bond donors (Lipinski definition) is 0. The molecule has 0 bridgehead atoms. The van der Waals surface area contributed by atoms with E-state index < -0.39 is 0 Å². The average Bonchev–Trinajstić information content (AvgIpc) is 2.67. The number of ether oxygens (including phenoxy) is 2. The maximum atomic E-state index is 12.8. The third kappa shape index (κ3) is 4.09. The summed E-state index contributed by atoms with van der Waals surface area (Å²) < 4.78 is 13.0. The van der Waals surface area contributed by atoms with E-state index in [1.807, 2.05) is 12.1 Å². The number of hydrogen-bond acceptors (Lipinski definition) is 5. The van der Waals surface area contributed by atoms with Crippen molar-refractivity contribution in [1.82, 2.24) is 9.66 Å². The SMILES string of the molecule is C=CCOc1ccc(C=Nn2c(C)nc3ccc(Br)cc3c2=O)cc1OC. The Balaban J connectivity index is 1.98. The molecule has 0 atom stereocenters. The molecule has 0 spiro atoms. The highest BCUT2D eigenvalue weighted by atomic mass is 79.9. The summed E-state index contributed by atoms with van der Waals surface area (Å²) in [5.74, 6) is 1.69. The van der Waals surface area contributed by atoms with Crippen molar-refractivity contribution >= 4 is 33.0 Å². The third-order valence-electron chi connectivity index (χ3n) is 3.84. The van der Waals surface area contributed by atoms with Gasteiger partial charge in [0.2, 0.25) is 0 Å². The summed E-state index contributed by atoms with van der Waals surface area (Å²) in [5, 5.41) is 4.81. The van der Waals surface area contributed by atoms with E-state index in [4.69, 9.17) is 9.47 Å². The summed E-state index contributed by atoms with van der Waals surface area (Å²) in [6, 6.07) is 10.8. The number of aromatic nitrogens is 2. The van der Waals surface area contributed by atoms with Crippen LogP contribution in [0.5, 0.6) is 11.5 Å². The van der Waals surface area contributed by atoms with Gasteiger partial charge in [0.15, 0.2) is 11.5 Å². The lowest BCUT2D eigenvalue weighted by Gasteiger charge is -2.10. The summed E-state index contributed by atoms with van der Waals surface area (Å²) in [7, 11) is 1.57. The molecule has 1 heterocycles. The van der Waals surface area contributed by atoms with Crippen LogP contribution in [0.15, 0.2) is 63.4 Å². The molecule has 1 aromatic heterocycles. The van der Waals surface area contributed by atoms with E-state index in [-0.39, 0.29) is 5.56 Å². The van der Waals surface area contributed by atoms with Gasteiger partial charge in [-0.25, -0.2) is 4.98 Å². The molecular weight excluding hydrogens is 410 g/mol. The van der Waals surface area contributed by atoms with Gasteiger partial charge in [0.05, 0.1) is 24.2 Å². The number of benzene rings is 2. The van der Waals surface area contributed by atoms with Gasteiger partial charge in [-0.1, -0.05) is 28.6 Å². The Morgan fingerprint density at radius 1 is 1.26 bits per heavy atom. The first-order chi connectivity index (χ1) is 13.0. The smallest absolute Gasteiger partial charge is 0.282 e. The highest BCUT2D eigenvalue weighted by molar-refractivity contribution is 9.10. The number of methoxy groups -OCH3 is 1. The summed E-state index contributed by atoms with van der Waals surface area (Å²) >= 11 is 3.38. The lowest BCUT2D eigenvalue weighted by atomic mass is 10.2. The van der Waals surface area contributed by atoms with Gasteiger partial charge in [0, 0.05) is 4.47 Å². The van der Waals surface area contributed by atoms with Crippen LogP contribution in [0.1, 0.15) is 11.4 Å². The van der Waals surface area contributed by atoms with Crippen LogP contribution in [-0.4, -0.2) is 29.6 Å². The Morgan fingerprint density at radius 3 is 2.81 bits per heavy atom. The lowest BCUT2D eigenvalue weighted by Crippen LogP contribution is -2.20. The number of fused-ring (bicyclic) bond motifs is 1. The van der Waals surface area contributed by atoms with Crippen LogP contribution in [0.4, 0.5) is 0 Å². The normalized spacial score (nSPS) is 11.1. The molecule has 0 amide bonds. The van der Waals surface area contributed by atoms with Gasteiger partial charge in [0.1, 0.15) is 12.4 Å². The summed E-state index contributed by atoms with van der Waals surface area (Å²) in [6.07, 6.45) is 3.24. The van der Waals surface area contributed by atoms with Gasteiger partial charge in [-0.15, -0.1) is 0 Å². The van der Waals surface area contributed by atoms with Crippen LogP contribution in [0.25, 0.3) is 10.9 Å². The zero-order valence-electron chi connectivity index (χ0n) is 15.0. The van der Waals surface area contributed by atoms with Crippen molar-refractivity contribution in [3.8, 4) is 11.5 Å². The van der Waals surface area contributed by atoms with E-state index >= 15 is 0 Å². The molecule has 0 fully saturated rings. The fourth-order valence-electron chi connectivity index (χ4n) is 2.55. The predicted molar refractivity (Wildman–Crippen MR) is 110 cm³/mol. The molecule has 3 aromatic rings. The molecule has 0 saturated carbocycles. The monoisotopic (exact) mass is 427 g/mol. The summed E-state index contributed by atoms with van der Waals surface area (Å²) in [6.45, 7) is 5.76. The second kappa shape index (κ2) is 8.18. The number of nitrogens with zero attached hydrogens (tertiary/aromatic N) is 3. The standard InChI is InChI=1S/C20H18BrN3O3/c1-4-9-27-18-8-5-14(10-19(18)26-3)12-22-24-13(2)23-17-7-6-15(21)11-16(17)20(24)25/h4-8,10-12H,1,9H2,2-3H3. The first kappa shape index (κ1) is 18.8. The van der Waals surface area contributed by atoms with Crippen LogP contribution in [0.2, 0.25) is 0 Å². The van der Waals surface area contributed by atoms with Crippen molar-refractivity contribution in [2.45, 2.75) is 6.92 Å². The highest BCUT2D eigenvalue weighted by Crippen LogP contribution is 2.27. The zero-order valence-corrected chi connectivity index (χ0v) is 16.6. The quantitative estimate of drug-likeness (QED) is 0.441. The van der Waals surface area contributed by atoms with Crippen molar-refractivity contribution in [2.75, 3.05) is 13.7 Å². The van der Waals surface area contributed by atoms with E-state index in [2.05, 4.69) is 32.6 Å². The molecule has 0 saturated heterocycles. The van der Waals surface area contributed by atoms with E-state index in [0.29, 0.717) is 34.8 Å². The first-order valence-corrected chi connectivity index (χ1v) is 8.98. The van der Waals surface area contributed by atoms with E-state index in [9.17, 15) is 4.79 Å². The minimum atomic E-state index is -0.229. The second-order valence-corrected chi connectivity index (χ2v) is 6.61. The lowest BCUT2D eigenvalue weighted by molar-refractivity contribution is 0.326. The number of rotatable bonds is 6. The minimum Gasteiger partial charge on any atom is -0.493 e. The third-order valence-corrected chi connectivity index (χ3v) is 4.33. The first-order valence-electron chi connectivity index (χ1n) is 8.18. The number of halogens is 1. The molecular formula is C20H18BrN3O3. The number of aryl methyl sites for hydroxylation is 1. The Morgan fingerprint density at radius 2 is 2.07 bits per heavy atom. The van der Waals surface area contributed by atoms with Gasteiger partial charge in [0.25, 0.3) is 5.56 Å². The van der Waals surface area contributed by atoms with Crippen LogP contribution in [0.3, 0.4) is 0 Å². The molecule has 0 aliphatic heterocycles. The van der Waals surface area contributed by atoms with E-state index in [1.54, 1.807) is 50.6 Å². The Bertz CT molecular complexity index is 1090. The summed E-state index contributed by atoms with van der Waals surface area (Å²) in [4.78, 5) is 17.2. The Labute approximate surface area is 164 Å². The minimum absolute atomic E-state index is 0.229. The fourth-order valence-corrected chi connectivity index (χ4v) is 2.91. The van der Waals surface area contributed by atoms with E-state index in [1.165, 1.54) is 4.68 Å². The Kier molecular flexibility index (Phi) is 5.71. The highest BCUT2D eigenvalue weighted by Gasteiger charge is 2.08. The molecule has 0 unspecified atom stereocenters. The summed E-state index contributed by atoms with van der Waals surface area (Å²) in [5.41, 5.74) is 1.17. The molecule has 0 aliphatic carbocycles. The molecule has 0 N–H and O–H groups in total. The maximum Gasteiger partial charge on any atom is 0.282 e. The van der Waals surface area contributed by atoms with Gasteiger partial charge in [-0.05, 0) is 48.9 Å². The molecule has 27 heavy (non-hydrogen) atoms. The van der Waals surface area contributed by atoms with Gasteiger partial charge in [-0.3, -0.25) is 4.79 Å². The molecule has 6 nitrogen and oxygen atoms in total. The maximum absolute atomic E-state index is 12.8. The van der Waals surface area contributed by atoms with Gasteiger partial charge < -0.3 is 9.47 Å². The van der Waals surface area contributed by atoms with Gasteiger partial charge >= 0.3 is 0 Å². The van der Waals surface area contributed by atoms with Crippen LogP contribution in [-0.2, 0) is 0 Å². The van der Waals surface area contributed by atoms with Crippen LogP contribution >= 0.6 is 15.9 Å². The second-order valence-electron chi connectivity index (χ2n) is 5.69. The van der Waals surface area contributed by atoms with Gasteiger partial charge in [-0.2, -0.15) is 9.78 Å². The predicted octanol–water partition coefficient (Wildman–Crippen LogP) is 3.92. The van der Waals surface area contributed by atoms with Crippen LogP contribution < -0.4 is 15.0 Å². The fraction of sp³-hybridized carbons (Fsp3) is 0.150. The largest absolute Gasteiger partial charge is 0.493 e. The van der Waals surface area contributed by atoms with E-state index in [0.717, 1.165) is 10.0 Å². The topological polar surface area (TPSA) is 65.7 Å². The van der Waals surface area contributed by atoms with Crippen LogP contribution in [0, 0.1) is 6.92 Å². The van der Waals surface area contributed by atoms with Crippen molar-refractivity contribution in [2.24, 2.45) is 5.10 Å². The van der Waals surface area contributed by atoms with Crippen molar-refractivity contribution in [3.63, 3.8) is 0 Å². The zero-order chi connectivity index (χ0) is 19.4.